The Morgan fingerprint density at radius 1 is 0.920 bits per heavy atom. The fourth-order valence-corrected chi connectivity index (χ4v) is 13.6. The summed E-state index contributed by atoms with van der Waals surface area (Å²) in [4.78, 5) is 37.9. The fourth-order valence-electron chi connectivity index (χ4n) is 9.41. The van der Waals surface area contributed by atoms with Gasteiger partial charge in [-0.3, -0.25) is 14.5 Å². The van der Waals surface area contributed by atoms with Crippen LogP contribution in [0.4, 0.5) is 24.5 Å². The number of nitrogens with zero attached hydrogens (tertiary/aromatic N) is 5. The summed E-state index contributed by atoms with van der Waals surface area (Å²) in [5, 5.41) is 4.18. The number of piperazine rings is 1. The molecule has 3 aromatic carbocycles. The average molecular weight is 1120 g/mol. The van der Waals surface area contributed by atoms with Crippen LogP contribution in [0, 0.1) is 11.3 Å². The van der Waals surface area contributed by atoms with E-state index in [1.54, 1.807) is 51.2 Å². The molecule has 2 aliphatic heterocycles. The van der Waals surface area contributed by atoms with Crippen LogP contribution in [-0.4, -0.2) is 128 Å². The normalized spacial score (nSPS) is 18.2. The van der Waals surface area contributed by atoms with Crippen molar-refractivity contribution in [3.05, 3.63) is 107 Å². The maximum absolute atomic E-state index is 14.2. The average Bonchev–Trinajstić information content (AvgIpc) is 3.82. The number of nitrogens with one attached hydrogen (secondary N) is 3. The first-order valence-electron chi connectivity index (χ1n) is 24.8. The van der Waals surface area contributed by atoms with Crippen LogP contribution in [0.25, 0.3) is 16.6 Å². The van der Waals surface area contributed by atoms with Crippen LogP contribution in [0.1, 0.15) is 76.2 Å². The predicted molar refractivity (Wildman–Crippen MR) is 286 cm³/mol. The van der Waals surface area contributed by atoms with Crippen LogP contribution in [0.3, 0.4) is 0 Å². The molecule has 0 spiro atoms. The number of sulfonamides is 1. The van der Waals surface area contributed by atoms with Crippen molar-refractivity contribution >= 4 is 81.0 Å². The first-order chi connectivity index (χ1) is 35.3. The maximum atomic E-state index is 14.2. The molecule has 2 amide bonds. The van der Waals surface area contributed by atoms with E-state index in [1.807, 2.05) is 21.8 Å². The van der Waals surface area contributed by atoms with Gasteiger partial charge < -0.3 is 24.8 Å². The lowest BCUT2D eigenvalue weighted by atomic mass is 9.72. The molecule has 0 unspecified atom stereocenters. The SMILES string of the molecule is CC(C)C(=O)N=S1(=O)CCN(CC[C@H](C)Nc2ccc(S(=O)(=O)NC(=O)c3ccc(N4CCN(CC5=C(c6ccc(Cl)cc6)CC(C)(C)CC5)CC4)cc3Oc3cnc4[nH]ccc4c3)cc2S(=O)(=O)C(F)(F)F)CC1. The van der Waals surface area contributed by atoms with E-state index >= 15 is 0 Å². The van der Waals surface area contributed by atoms with Gasteiger partial charge in [0.2, 0.25) is 0 Å². The van der Waals surface area contributed by atoms with Gasteiger partial charge in [0.25, 0.3) is 31.7 Å². The topological polar surface area (TPSA) is 204 Å². The number of ether oxygens (including phenoxy) is 1. The van der Waals surface area contributed by atoms with Crippen LogP contribution >= 0.6 is 11.6 Å². The van der Waals surface area contributed by atoms with E-state index in [2.05, 4.69) is 55.4 Å². The Kier molecular flexibility index (Phi) is 16.5. The predicted octanol–water partition coefficient (Wildman–Crippen LogP) is 9.36. The van der Waals surface area contributed by atoms with Gasteiger partial charge in [-0.2, -0.15) is 17.5 Å². The summed E-state index contributed by atoms with van der Waals surface area (Å²) in [6.07, 6.45) is 6.45. The second-order valence-electron chi connectivity index (χ2n) is 20.5. The summed E-state index contributed by atoms with van der Waals surface area (Å²) < 4.78 is 122. The Morgan fingerprint density at radius 2 is 1.63 bits per heavy atom. The summed E-state index contributed by atoms with van der Waals surface area (Å²) in [6, 6.07) is 17.7. The third-order valence-corrected chi connectivity index (χ3v) is 19.2. The minimum absolute atomic E-state index is 0.0369. The van der Waals surface area contributed by atoms with Crippen molar-refractivity contribution < 1.29 is 48.5 Å². The Hall–Kier alpha value is -5.52. The zero-order valence-corrected chi connectivity index (χ0v) is 45.6. The van der Waals surface area contributed by atoms with Gasteiger partial charge >= 0.3 is 5.51 Å². The number of halogens is 4. The Labute approximate surface area is 441 Å². The molecule has 2 saturated heterocycles. The van der Waals surface area contributed by atoms with Gasteiger partial charge in [0.05, 0.1) is 32.1 Å². The number of alkyl halides is 3. The van der Waals surface area contributed by atoms with E-state index in [0.717, 1.165) is 51.0 Å². The van der Waals surface area contributed by atoms with Crippen molar-refractivity contribution in [3.63, 3.8) is 0 Å². The summed E-state index contributed by atoms with van der Waals surface area (Å²) >= 11 is 6.24. The van der Waals surface area contributed by atoms with Gasteiger partial charge in [0.15, 0.2) is 0 Å². The van der Waals surface area contributed by atoms with Crippen LogP contribution < -0.4 is 19.7 Å². The molecule has 0 radical (unpaired) electrons. The second-order valence-corrected chi connectivity index (χ2v) is 27.1. The van der Waals surface area contributed by atoms with E-state index in [-0.39, 0.29) is 34.0 Å². The first-order valence-corrected chi connectivity index (χ1v) is 29.9. The lowest BCUT2D eigenvalue weighted by molar-refractivity contribution is -0.120. The number of pyridine rings is 1. The largest absolute Gasteiger partial charge is 0.501 e. The molecule has 3 aliphatic rings. The number of hydrogen-bond acceptors (Lipinski definition) is 13. The van der Waals surface area contributed by atoms with E-state index in [1.165, 1.54) is 29.0 Å². The van der Waals surface area contributed by atoms with Crippen molar-refractivity contribution in [2.75, 3.05) is 74.1 Å². The number of sulfone groups is 1. The number of aromatic nitrogens is 2. The van der Waals surface area contributed by atoms with E-state index in [9.17, 15) is 43.8 Å². The lowest BCUT2D eigenvalue weighted by Gasteiger charge is -2.39. The van der Waals surface area contributed by atoms with Crippen LogP contribution in [0.15, 0.2) is 105 Å². The zero-order valence-electron chi connectivity index (χ0n) is 42.4. The van der Waals surface area contributed by atoms with Crippen molar-refractivity contribution in [1.29, 1.82) is 0 Å². The number of benzene rings is 3. The molecule has 5 aromatic rings. The van der Waals surface area contributed by atoms with Crippen LogP contribution in [0.2, 0.25) is 5.02 Å². The van der Waals surface area contributed by atoms with Gasteiger partial charge in [-0.05, 0) is 104 Å². The van der Waals surface area contributed by atoms with E-state index in [0.29, 0.717) is 67.0 Å². The van der Waals surface area contributed by atoms with Crippen molar-refractivity contribution in [2.45, 2.75) is 81.6 Å². The molecule has 1 atom stereocenters. The number of fused-ring (bicyclic) bond motifs is 1. The third kappa shape index (κ3) is 13.4. The highest BCUT2D eigenvalue weighted by atomic mass is 35.5. The number of H-pyrrole nitrogens is 1. The molecule has 404 valence electrons. The summed E-state index contributed by atoms with van der Waals surface area (Å²) in [6.45, 7) is 14.2. The van der Waals surface area contributed by atoms with Crippen LogP contribution in [0.5, 0.6) is 11.5 Å². The van der Waals surface area contributed by atoms with Gasteiger partial charge in [-0.15, -0.1) is 0 Å². The van der Waals surface area contributed by atoms with E-state index < -0.39 is 74.4 Å². The first kappa shape index (κ1) is 55.7. The molecule has 8 rings (SSSR count). The van der Waals surface area contributed by atoms with Crippen LogP contribution in [-0.2, 0) is 34.4 Å². The van der Waals surface area contributed by atoms with Gasteiger partial charge in [-0.1, -0.05) is 57.0 Å². The quantitative estimate of drug-likeness (QED) is 0.0844. The molecule has 0 saturated carbocycles. The molecular weight excluding hydrogens is 1050 g/mol. The van der Waals surface area contributed by atoms with E-state index in [4.69, 9.17) is 16.3 Å². The van der Waals surface area contributed by atoms with Crippen molar-refractivity contribution in [1.82, 2.24) is 24.5 Å². The highest BCUT2D eigenvalue weighted by molar-refractivity contribution is 7.94. The van der Waals surface area contributed by atoms with Crippen molar-refractivity contribution in [2.24, 2.45) is 15.7 Å². The number of anilines is 2. The highest BCUT2D eigenvalue weighted by Crippen LogP contribution is 2.44. The Morgan fingerprint density at radius 3 is 2.31 bits per heavy atom. The number of rotatable bonds is 16. The molecule has 0 bridgehead atoms. The number of carbonyl (C=O) groups excluding carboxylic acids is 2. The monoisotopic (exact) mass is 1110 g/mol. The van der Waals surface area contributed by atoms with Gasteiger partial charge in [0, 0.05) is 104 Å². The minimum atomic E-state index is -6.14. The summed E-state index contributed by atoms with van der Waals surface area (Å²) in [7, 11) is -13.9. The smallest absolute Gasteiger partial charge is 0.455 e. The third-order valence-electron chi connectivity index (χ3n) is 13.9. The molecule has 4 heterocycles. The number of aromatic amines is 1. The molecule has 3 N–H and O–H groups in total. The number of allylic oxidation sites excluding steroid dienone is 1. The minimum Gasteiger partial charge on any atom is -0.455 e. The fraction of sp³-hybridized carbons (Fsp3) is 0.442. The molecule has 75 heavy (non-hydrogen) atoms. The summed E-state index contributed by atoms with van der Waals surface area (Å²) in [5.74, 6) is -1.49. The maximum Gasteiger partial charge on any atom is 0.501 e. The Balaban J connectivity index is 0.993. The zero-order chi connectivity index (χ0) is 54.1. The molecule has 23 heteroatoms. The van der Waals surface area contributed by atoms with Crippen molar-refractivity contribution in [3.8, 4) is 11.5 Å². The number of amides is 2. The Bertz CT molecular complexity index is 3340. The molecule has 2 aromatic heterocycles. The highest BCUT2D eigenvalue weighted by Gasteiger charge is 2.48. The molecule has 16 nitrogen and oxygen atoms in total. The molecule has 1 aliphatic carbocycles. The summed E-state index contributed by atoms with van der Waals surface area (Å²) in [5.41, 5.74) is -1.17. The lowest BCUT2D eigenvalue weighted by Crippen LogP contribution is -2.47. The molecule has 2 fully saturated rings. The number of carbonyl (C=O) groups is 2. The molecular formula is C52H62ClF3N8O8S3. The van der Waals surface area contributed by atoms with Gasteiger partial charge in [0.1, 0.15) is 22.0 Å². The standard InChI is InChI=1S/C52H62ClF3N8O8S3/c1-34(2)49(65)60-73(67)26-24-62(25-27-73)19-16-35(3)59-45-13-11-42(30-47(45)74(68,69)52(54,55)56)75(70,71)61-50(66)43-12-10-40(29-46(43)72-41-28-37-15-18-57-48(37)58-32-41)64-22-20-63(21-23-64)33-38-14-17-51(4,5)31-44(38)36-6-8-39(53)9-7-36/h6-13,15,18,28-30,32,34-35,59H,14,16-17,19-27,31,33H2,1-5H3,(H,57,58)(H,61,66)/t35-/m0/s1. The van der Waals surface area contributed by atoms with Gasteiger partial charge in [-0.25, -0.2) is 30.8 Å². The second kappa shape index (κ2) is 22.2. The number of hydrogen-bond donors (Lipinski definition) is 3.